The van der Waals surface area contributed by atoms with Crippen molar-refractivity contribution in [2.24, 2.45) is 0 Å². The molecule has 3 aliphatic rings. The number of hydrogen-bond acceptors (Lipinski definition) is 18. The Balaban J connectivity index is 1.59. The van der Waals surface area contributed by atoms with E-state index in [0.29, 0.717) is 12.8 Å². The minimum absolute atomic E-state index is 0.244. The monoisotopic (exact) mass is 855 g/mol. The van der Waals surface area contributed by atoms with E-state index >= 15 is 0 Å². The molecule has 19 nitrogen and oxygen atoms in total. The molecule has 0 spiro atoms. The fourth-order valence-corrected chi connectivity index (χ4v) is 7.35. The molecule has 0 aromatic carbocycles. The van der Waals surface area contributed by atoms with Gasteiger partial charge in [0.1, 0.15) is 73.2 Å². The molecule has 17 unspecified atom stereocenters. The van der Waals surface area contributed by atoms with Gasteiger partial charge < -0.3 is 89.9 Å². The van der Waals surface area contributed by atoms with Crippen LogP contribution in [0.2, 0.25) is 0 Å². The fourth-order valence-electron chi connectivity index (χ4n) is 7.35. The van der Waals surface area contributed by atoms with Crippen LogP contribution in [0.5, 0.6) is 0 Å². The summed E-state index contributed by atoms with van der Waals surface area (Å²) in [6, 6.07) is -0.959. The van der Waals surface area contributed by atoms with Crippen molar-refractivity contribution in [1.82, 2.24) is 5.32 Å². The second kappa shape index (κ2) is 27.6. The summed E-state index contributed by atoms with van der Waals surface area (Å²) in [6.45, 7) is 1.46. The molecule has 59 heavy (non-hydrogen) atoms. The van der Waals surface area contributed by atoms with Gasteiger partial charge in [0, 0.05) is 6.42 Å². The lowest BCUT2D eigenvalue weighted by atomic mass is 9.96. The van der Waals surface area contributed by atoms with Crippen LogP contribution in [-0.2, 0) is 33.2 Å². The van der Waals surface area contributed by atoms with Gasteiger partial charge in [-0.15, -0.1) is 0 Å². The molecule has 0 saturated carbocycles. The molecule has 3 rings (SSSR count). The van der Waals surface area contributed by atoms with Crippen LogP contribution < -0.4 is 5.32 Å². The van der Waals surface area contributed by atoms with Crippen molar-refractivity contribution in [3.8, 4) is 0 Å². The standard InChI is InChI=1S/C40H73NO18/c1-3-5-7-9-10-11-12-13-14-16-18-28(46)41-23(24(45)17-15-8-6-4-2)22-54-38-34(52)31(49)36(26(20-43)56-38)59-40-35(53)32(50)37(27(21-44)57-40)58-39-33(51)30(48)29(47)25(19-42)55-39/h15,17,23-27,29-40,42-45,47-53H,3-14,16,18-22H2,1-2H3,(H,41,46)/b17-15+. The Morgan fingerprint density at radius 1 is 0.593 bits per heavy atom. The summed E-state index contributed by atoms with van der Waals surface area (Å²) in [5.74, 6) is -0.291. The average molecular weight is 856 g/mol. The summed E-state index contributed by atoms with van der Waals surface area (Å²) in [5.41, 5.74) is 0. The maximum atomic E-state index is 13.0. The summed E-state index contributed by atoms with van der Waals surface area (Å²) in [6.07, 6.45) is -9.44. The average Bonchev–Trinajstić information content (AvgIpc) is 3.23. The van der Waals surface area contributed by atoms with Crippen molar-refractivity contribution >= 4 is 5.91 Å². The van der Waals surface area contributed by atoms with E-state index in [-0.39, 0.29) is 18.9 Å². The molecule has 3 aliphatic heterocycles. The summed E-state index contributed by atoms with van der Waals surface area (Å²) < 4.78 is 33.8. The van der Waals surface area contributed by atoms with Gasteiger partial charge in [-0.3, -0.25) is 4.79 Å². The zero-order valence-electron chi connectivity index (χ0n) is 34.5. The second-order valence-corrected chi connectivity index (χ2v) is 15.8. The molecule has 0 bridgehead atoms. The van der Waals surface area contributed by atoms with E-state index in [1.54, 1.807) is 12.2 Å². The smallest absolute Gasteiger partial charge is 0.220 e. The molecule has 0 aliphatic carbocycles. The Bertz CT molecular complexity index is 1170. The third-order valence-corrected chi connectivity index (χ3v) is 11.1. The first-order valence-corrected chi connectivity index (χ1v) is 21.4. The Kier molecular flexibility index (Phi) is 24.2. The number of rotatable bonds is 27. The Hall–Kier alpha value is -1.47. The fraction of sp³-hybridized carbons (Fsp3) is 0.925. The van der Waals surface area contributed by atoms with Gasteiger partial charge >= 0.3 is 0 Å². The van der Waals surface area contributed by atoms with Crippen LogP contribution in [0.15, 0.2) is 12.2 Å². The zero-order valence-corrected chi connectivity index (χ0v) is 34.5. The second-order valence-electron chi connectivity index (χ2n) is 15.8. The van der Waals surface area contributed by atoms with Gasteiger partial charge in [-0.25, -0.2) is 0 Å². The predicted octanol–water partition coefficient (Wildman–Crippen LogP) is -1.65. The van der Waals surface area contributed by atoms with Crippen LogP contribution in [-0.4, -0.2) is 193 Å². The van der Waals surface area contributed by atoms with E-state index in [9.17, 15) is 61.0 Å². The highest BCUT2D eigenvalue weighted by Crippen LogP contribution is 2.33. The highest BCUT2D eigenvalue weighted by atomic mass is 16.8. The van der Waals surface area contributed by atoms with Crippen LogP contribution in [0.1, 0.15) is 104 Å². The minimum atomic E-state index is -1.97. The van der Waals surface area contributed by atoms with Crippen molar-refractivity contribution in [1.29, 1.82) is 0 Å². The number of allylic oxidation sites excluding steroid dienone is 1. The molecule has 0 aromatic heterocycles. The maximum Gasteiger partial charge on any atom is 0.220 e. The van der Waals surface area contributed by atoms with Crippen molar-refractivity contribution in [2.75, 3.05) is 26.4 Å². The quantitative estimate of drug-likeness (QED) is 0.0326. The van der Waals surface area contributed by atoms with E-state index in [1.807, 2.05) is 6.92 Å². The lowest BCUT2D eigenvalue weighted by Gasteiger charge is -2.48. The number of amides is 1. The summed E-state index contributed by atoms with van der Waals surface area (Å²) in [5, 5.41) is 118. The summed E-state index contributed by atoms with van der Waals surface area (Å²) in [7, 11) is 0. The molecule has 17 atom stereocenters. The van der Waals surface area contributed by atoms with Crippen molar-refractivity contribution < 1.29 is 89.4 Å². The van der Waals surface area contributed by atoms with Crippen LogP contribution in [0.25, 0.3) is 0 Å². The number of carbonyl (C=O) groups is 1. The highest BCUT2D eigenvalue weighted by Gasteiger charge is 2.53. The van der Waals surface area contributed by atoms with Crippen molar-refractivity contribution in [2.45, 2.75) is 208 Å². The summed E-state index contributed by atoms with van der Waals surface area (Å²) >= 11 is 0. The predicted molar refractivity (Wildman–Crippen MR) is 208 cm³/mol. The van der Waals surface area contributed by atoms with Gasteiger partial charge in [-0.05, 0) is 12.8 Å². The Labute approximate surface area is 346 Å². The molecule has 3 saturated heterocycles. The van der Waals surface area contributed by atoms with Crippen LogP contribution in [0.3, 0.4) is 0 Å². The number of aliphatic hydroxyl groups is 11. The molecule has 19 heteroatoms. The third kappa shape index (κ3) is 15.7. The van der Waals surface area contributed by atoms with Gasteiger partial charge in [0.2, 0.25) is 5.91 Å². The van der Waals surface area contributed by atoms with Crippen LogP contribution in [0.4, 0.5) is 0 Å². The number of ether oxygens (including phenoxy) is 6. The molecule has 0 radical (unpaired) electrons. The van der Waals surface area contributed by atoms with Gasteiger partial charge in [0.15, 0.2) is 18.9 Å². The molecular weight excluding hydrogens is 782 g/mol. The van der Waals surface area contributed by atoms with Gasteiger partial charge in [-0.1, -0.05) is 96.6 Å². The Morgan fingerprint density at radius 3 is 1.58 bits per heavy atom. The number of aliphatic hydroxyl groups excluding tert-OH is 11. The largest absolute Gasteiger partial charge is 0.394 e. The molecule has 12 N–H and O–H groups in total. The van der Waals surface area contributed by atoms with Gasteiger partial charge in [0.05, 0.1) is 38.6 Å². The number of unbranched alkanes of at least 4 members (excludes halogenated alkanes) is 11. The first kappa shape index (κ1) is 51.9. The van der Waals surface area contributed by atoms with E-state index in [1.165, 1.54) is 38.5 Å². The van der Waals surface area contributed by atoms with Crippen LogP contribution in [0, 0.1) is 0 Å². The number of carbonyl (C=O) groups excluding carboxylic acids is 1. The zero-order chi connectivity index (χ0) is 43.5. The molecule has 1 amide bonds. The SMILES string of the molecule is CCCC/C=C/C(O)C(COC1OC(CO)C(OC2OC(CO)C(OC3OC(CO)C(O)C(O)C3O)C(O)C2O)C(O)C1O)NC(=O)CCCCCCCCCCCC. The number of hydrogen-bond donors (Lipinski definition) is 12. The van der Waals surface area contributed by atoms with Crippen LogP contribution >= 0.6 is 0 Å². The Morgan fingerprint density at radius 2 is 1.05 bits per heavy atom. The van der Waals surface area contributed by atoms with E-state index in [2.05, 4.69) is 12.2 Å². The first-order chi connectivity index (χ1) is 28.3. The minimum Gasteiger partial charge on any atom is -0.394 e. The third-order valence-electron chi connectivity index (χ3n) is 11.1. The maximum absolute atomic E-state index is 13.0. The number of nitrogens with one attached hydrogen (secondary N) is 1. The van der Waals surface area contributed by atoms with E-state index < -0.39 is 124 Å². The molecule has 0 aromatic rings. The van der Waals surface area contributed by atoms with Crippen molar-refractivity contribution in [3.05, 3.63) is 12.2 Å². The van der Waals surface area contributed by atoms with Gasteiger partial charge in [-0.2, -0.15) is 0 Å². The molecule has 346 valence electrons. The van der Waals surface area contributed by atoms with Gasteiger partial charge in [0.25, 0.3) is 0 Å². The lowest BCUT2D eigenvalue weighted by molar-refractivity contribution is -0.379. The van der Waals surface area contributed by atoms with E-state index in [4.69, 9.17) is 28.4 Å². The molecule has 3 fully saturated rings. The normalized spacial score (nSPS) is 36.5. The van der Waals surface area contributed by atoms with E-state index in [0.717, 1.165) is 32.1 Å². The highest BCUT2D eigenvalue weighted by molar-refractivity contribution is 5.76. The topological polar surface area (TPSA) is 307 Å². The molecular formula is C40H73NO18. The lowest BCUT2D eigenvalue weighted by Crippen LogP contribution is -2.66. The van der Waals surface area contributed by atoms with Crippen molar-refractivity contribution in [3.63, 3.8) is 0 Å². The molecule has 3 heterocycles. The first-order valence-electron chi connectivity index (χ1n) is 21.4. The summed E-state index contributed by atoms with van der Waals surface area (Å²) in [4.78, 5) is 13.0.